The summed E-state index contributed by atoms with van der Waals surface area (Å²) < 4.78 is 5.58. The summed E-state index contributed by atoms with van der Waals surface area (Å²) >= 11 is 0. The first-order chi connectivity index (χ1) is 17.0. The normalized spacial score (nSPS) is 21.9. The van der Waals surface area contributed by atoms with Gasteiger partial charge in [-0.25, -0.2) is 4.79 Å². The predicted molar refractivity (Wildman–Crippen MR) is 131 cm³/mol. The first-order valence-corrected chi connectivity index (χ1v) is 12.7. The van der Waals surface area contributed by atoms with Crippen LogP contribution in [-0.2, 0) is 14.3 Å². The Balaban J connectivity index is 1.27. The number of benzene rings is 2. The van der Waals surface area contributed by atoms with Crippen LogP contribution in [0.4, 0.5) is 4.79 Å². The molecule has 0 bridgehead atoms. The van der Waals surface area contributed by atoms with E-state index in [1.54, 1.807) is 0 Å². The standard InChI is InChI=1S/C28H32N2O5/c31-26(32)16-24(27(33)30-15-7-9-18-8-1-6-14-25(18)30)29-28(34)35-17-23-21-12-4-2-10-19(21)20-11-3-5-13-22(20)23/h2-5,10-13,18,23-25H,1,6-9,14-17H2,(H,29,34)(H,31,32). The van der Waals surface area contributed by atoms with Gasteiger partial charge in [-0.3, -0.25) is 9.59 Å². The molecule has 1 aliphatic heterocycles. The molecular formula is C28H32N2O5. The van der Waals surface area contributed by atoms with Crippen LogP contribution in [0, 0.1) is 5.92 Å². The number of carboxylic acids is 1. The van der Waals surface area contributed by atoms with E-state index in [9.17, 15) is 19.5 Å². The van der Waals surface area contributed by atoms with E-state index in [1.165, 1.54) is 6.42 Å². The summed E-state index contributed by atoms with van der Waals surface area (Å²) in [6.45, 7) is 0.727. The first kappa shape index (κ1) is 23.4. The van der Waals surface area contributed by atoms with Crippen LogP contribution in [-0.4, -0.2) is 53.2 Å². The third-order valence-electron chi connectivity index (χ3n) is 7.84. The summed E-state index contributed by atoms with van der Waals surface area (Å²) in [5, 5.41) is 12.0. The number of piperidine rings is 1. The monoisotopic (exact) mass is 476 g/mol. The number of hydrogen-bond acceptors (Lipinski definition) is 4. The van der Waals surface area contributed by atoms with E-state index in [0.29, 0.717) is 12.5 Å². The van der Waals surface area contributed by atoms with E-state index < -0.39 is 24.5 Å². The van der Waals surface area contributed by atoms with Gasteiger partial charge in [-0.1, -0.05) is 61.4 Å². The fourth-order valence-electron chi connectivity index (χ4n) is 6.26. The number of carbonyl (C=O) groups is 3. The fraction of sp³-hybridized carbons (Fsp3) is 0.464. The molecule has 2 fully saturated rings. The average Bonchev–Trinajstić information content (AvgIpc) is 3.20. The molecule has 2 amide bonds. The summed E-state index contributed by atoms with van der Waals surface area (Å²) in [5.74, 6) is -1.06. The highest BCUT2D eigenvalue weighted by molar-refractivity contribution is 5.89. The Morgan fingerprint density at radius 2 is 1.57 bits per heavy atom. The highest BCUT2D eigenvalue weighted by Crippen LogP contribution is 2.44. The van der Waals surface area contributed by atoms with Crippen molar-refractivity contribution in [3.05, 3.63) is 59.7 Å². The zero-order valence-electron chi connectivity index (χ0n) is 19.8. The molecule has 1 saturated carbocycles. The van der Waals surface area contributed by atoms with Gasteiger partial charge >= 0.3 is 12.1 Å². The van der Waals surface area contributed by atoms with Crippen molar-refractivity contribution < 1.29 is 24.2 Å². The Kier molecular flexibility index (Phi) is 6.75. The Bertz CT molecular complexity index is 1070. The lowest BCUT2D eigenvalue weighted by atomic mass is 9.78. The minimum absolute atomic E-state index is 0.105. The molecule has 35 heavy (non-hydrogen) atoms. The van der Waals surface area contributed by atoms with Crippen LogP contribution >= 0.6 is 0 Å². The second-order valence-electron chi connectivity index (χ2n) is 9.91. The van der Waals surface area contributed by atoms with E-state index in [4.69, 9.17) is 4.74 Å². The lowest BCUT2D eigenvalue weighted by Gasteiger charge is -2.45. The van der Waals surface area contributed by atoms with E-state index >= 15 is 0 Å². The predicted octanol–water partition coefficient (Wildman–Crippen LogP) is 4.55. The number of nitrogens with zero attached hydrogens (tertiary/aromatic N) is 1. The second-order valence-corrected chi connectivity index (χ2v) is 9.91. The zero-order chi connectivity index (χ0) is 24.4. The van der Waals surface area contributed by atoms with Gasteiger partial charge in [0, 0.05) is 18.5 Å². The molecule has 3 atom stereocenters. The fourth-order valence-corrected chi connectivity index (χ4v) is 6.26. The molecule has 3 aliphatic rings. The number of hydrogen-bond donors (Lipinski definition) is 2. The number of rotatable bonds is 6. The lowest BCUT2D eigenvalue weighted by Crippen LogP contribution is -2.56. The highest BCUT2D eigenvalue weighted by Gasteiger charge is 2.39. The van der Waals surface area contributed by atoms with Crippen LogP contribution in [0.5, 0.6) is 0 Å². The Morgan fingerprint density at radius 3 is 2.26 bits per heavy atom. The Hall–Kier alpha value is -3.35. The van der Waals surface area contributed by atoms with Gasteiger partial charge < -0.3 is 20.1 Å². The molecule has 2 aromatic carbocycles. The molecule has 0 aromatic heterocycles. The molecule has 2 aromatic rings. The van der Waals surface area contributed by atoms with Crippen molar-refractivity contribution in [3.63, 3.8) is 0 Å². The largest absolute Gasteiger partial charge is 0.481 e. The van der Waals surface area contributed by atoms with Crippen LogP contribution < -0.4 is 5.32 Å². The molecule has 2 N–H and O–H groups in total. The van der Waals surface area contributed by atoms with Crippen LogP contribution in [0.15, 0.2) is 48.5 Å². The number of alkyl carbamates (subject to hydrolysis) is 1. The van der Waals surface area contributed by atoms with E-state index in [-0.39, 0.29) is 24.5 Å². The van der Waals surface area contributed by atoms with Gasteiger partial charge in [0.2, 0.25) is 5.91 Å². The van der Waals surface area contributed by atoms with E-state index in [1.807, 2.05) is 41.3 Å². The zero-order valence-corrected chi connectivity index (χ0v) is 19.8. The van der Waals surface area contributed by atoms with Gasteiger partial charge in [-0.05, 0) is 53.9 Å². The number of aliphatic carboxylic acids is 1. The van der Waals surface area contributed by atoms with Crippen LogP contribution in [0.2, 0.25) is 0 Å². The van der Waals surface area contributed by atoms with Crippen LogP contribution in [0.1, 0.15) is 62.0 Å². The summed E-state index contributed by atoms with van der Waals surface area (Å²) in [5.41, 5.74) is 4.44. The molecule has 1 heterocycles. The quantitative estimate of drug-likeness (QED) is 0.638. The first-order valence-electron chi connectivity index (χ1n) is 12.7. The highest BCUT2D eigenvalue weighted by atomic mass is 16.5. The Labute approximate surface area is 205 Å². The number of carbonyl (C=O) groups excluding carboxylic acids is 2. The topological polar surface area (TPSA) is 95.9 Å². The molecule has 1 saturated heterocycles. The van der Waals surface area contributed by atoms with Crippen LogP contribution in [0.25, 0.3) is 11.1 Å². The summed E-state index contributed by atoms with van der Waals surface area (Å²) in [7, 11) is 0. The molecule has 7 heteroatoms. The van der Waals surface area contributed by atoms with Crippen molar-refractivity contribution >= 4 is 18.0 Å². The van der Waals surface area contributed by atoms with Gasteiger partial charge in [0.25, 0.3) is 0 Å². The number of likely N-dealkylation sites (tertiary alicyclic amines) is 1. The van der Waals surface area contributed by atoms with Crippen molar-refractivity contribution in [2.75, 3.05) is 13.2 Å². The maximum atomic E-state index is 13.4. The molecule has 2 aliphatic carbocycles. The van der Waals surface area contributed by atoms with Gasteiger partial charge in [0.05, 0.1) is 6.42 Å². The Morgan fingerprint density at radius 1 is 0.943 bits per heavy atom. The lowest BCUT2D eigenvalue weighted by molar-refractivity contribution is -0.145. The molecule has 0 spiro atoms. The van der Waals surface area contributed by atoms with Gasteiger partial charge in [0.15, 0.2) is 0 Å². The number of fused-ring (bicyclic) bond motifs is 4. The summed E-state index contributed by atoms with van der Waals surface area (Å²) in [4.78, 5) is 39.6. The van der Waals surface area contributed by atoms with Gasteiger partial charge in [0.1, 0.15) is 12.6 Å². The summed E-state index contributed by atoms with van der Waals surface area (Å²) in [6.07, 6.45) is 5.11. The van der Waals surface area contributed by atoms with Crippen molar-refractivity contribution in [1.29, 1.82) is 0 Å². The SMILES string of the molecule is O=C(O)CC(NC(=O)OCC1c2ccccc2-c2ccccc21)C(=O)N1CCCC2CCCCC21. The molecule has 184 valence electrons. The van der Waals surface area contributed by atoms with E-state index in [0.717, 1.165) is 54.4 Å². The number of amides is 2. The smallest absolute Gasteiger partial charge is 0.407 e. The minimum atomic E-state index is -1.14. The molecule has 0 radical (unpaired) electrons. The minimum Gasteiger partial charge on any atom is -0.481 e. The number of ether oxygens (including phenoxy) is 1. The second kappa shape index (κ2) is 10.1. The van der Waals surface area contributed by atoms with Crippen LogP contribution in [0.3, 0.4) is 0 Å². The number of carboxylic acid groups (broad SMARTS) is 1. The van der Waals surface area contributed by atoms with Crippen molar-refractivity contribution in [3.8, 4) is 11.1 Å². The number of nitrogens with one attached hydrogen (secondary N) is 1. The third-order valence-corrected chi connectivity index (χ3v) is 7.84. The van der Waals surface area contributed by atoms with Crippen molar-refractivity contribution in [2.24, 2.45) is 5.92 Å². The van der Waals surface area contributed by atoms with Crippen molar-refractivity contribution in [2.45, 2.75) is 62.9 Å². The molecular weight excluding hydrogens is 444 g/mol. The molecule has 3 unspecified atom stereocenters. The van der Waals surface area contributed by atoms with E-state index in [2.05, 4.69) is 17.4 Å². The maximum Gasteiger partial charge on any atom is 0.407 e. The van der Waals surface area contributed by atoms with Crippen molar-refractivity contribution in [1.82, 2.24) is 10.2 Å². The molecule has 7 nitrogen and oxygen atoms in total. The summed E-state index contributed by atoms with van der Waals surface area (Å²) in [6, 6.07) is 15.1. The molecule has 5 rings (SSSR count). The maximum absolute atomic E-state index is 13.4. The third kappa shape index (κ3) is 4.77. The van der Waals surface area contributed by atoms with Gasteiger partial charge in [-0.2, -0.15) is 0 Å². The van der Waals surface area contributed by atoms with Gasteiger partial charge in [-0.15, -0.1) is 0 Å². The average molecular weight is 477 g/mol.